The highest BCUT2D eigenvalue weighted by molar-refractivity contribution is 7.15. The number of thiazole rings is 1. The van der Waals surface area contributed by atoms with Crippen molar-refractivity contribution in [2.45, 2.75) is 19.0 Å². The smallest absolute Gasteiger partial charge is 0.319 e. The van der Waals surface area contributed by atoms with Crippen LogP contribution in [0.4, 0.5) is 9.18 Å². The number of halogens is 1. The van der Waals surface area contributed by atoms with Crippen molar-refractivity contribution in [1.82, 2.24) is 19.6 Å². The van der Waals surface area contributed by atoms with Crippen molar-refractivity contribution < 1.29 is 14.0 Å². The Hall–Kier alpha value is -3.07. The van der Waals surface area contributed by atoms with Gasteiger partial charge in [-0.05, 0) is 13.0 Å². The van der Waals surface area contributed by atoms with E-state index in [1.54, 1.807) is 17.6 Å². The second-order valence-corrected chi connectivity index (χ2v) is 6.94. The molecule has 26 heavy (non-hydrogen) atoms. The standard InChI is InChI=1S/C17H13FN4O3S/c1-17(11-4-2-3-5-12(11)18)14(24)22(15(25)20-17)9-10-8-13(23)21-6-7-26-16(21)19-10/h2-8H,9H2,1H3,(H,20,25)/t17-/m0/s1. The highest BCUT2D eigenvalue weighted by Crippen LogP contribution is 2.31. The predicted molar refractivity (Wildman–Crippen MR) is 92.2 cm³/mol. The Bertz CT molecular complexity index is 1110. The summed E-state index contributed by atoms with van der Waals surface area (Å²) in [5.74, 6) is -1.18. The Labute approximate surface area is 150 Å². The molecule has 1 aromatic carbocycles. The van der Waals surface area contributed by atoms with Crippen LogP contribution in [0.25, 0.3) is 4.96 Å². The molecule has 2 aromatic heterocycles. The van der Waals surface area contributed by atoms with Gasteiger partial charge in [-0.2, -0.15) is 0 Å². The summed E-state index contributed by atoms with van der Waals surface area (Å²) >= 11 is 1.27. The topological polar surface area (TPSA) is 83.8 Å². The molecule has 1 atom stereocenters. The highest BCUT2D eigenvalue weighted by Gasteiger charge is 2.50. The van der Waals surface area contributed by atoms with Gasteiger partial charge in [0.25, 0.3) is 11.5 Å². The number of imide groups is 1. The average molecular weight is 372 g/mol. The van der Waals surface area contributed by atoms with Crippen LogP contribution in [0.15, 0.2) is 46.7 Å². The lowest BCUT2D eigenvalue weighted by Crippen LogP contribution is -2.41. The molecule has 1 fully saturated rings. The first kappa shape index (κ1) is 16.4. The van der Waals surface area contributed by atoms with Gasteiger partial charge in [-0.1, -0.05) is 18.2 Å². The average Bonchev–Trinajstić information content (AvgIpc) is 3.15. The number of nitrogens with one attached hydrogen (secondary N) is 1. The number of aromatic nitrogens is 2. The molecule has 9 heteroatoms. The molecule has 3 amide bonds. The SMILES string of the molecule is C[C@@]1(c2ccccc2F)NC(=O)N(Cc2cc(=O)n3ccsc3n2)C1=O. The van der Waals surface area contributed by atoms with Crippen molar-refractivity contribution in [1.29, 1.82) is 0 Å². The second kappa shape index (κ2) is 5.73. The molecule has 3 heterocycles. The molecule has 3 aromatic rings. The molecule has 0 bridgehead atoms. The minimum atomic E-state index is -1.51. The van der Waals surface area contributed by atoms with Gasteiger partial charge >= 0.3 is 6.03 Å². The van der Waals surface area contributed by atoms with Gasteiger partial charge in [0.2, 0.25) is 0 Å². The van der Waals surface area contributed by atoms with Gasteiger partial charge in [0.1, 0.15) is 11.4 Å². The third-order valence-electron chi connectivity index (χ3n) is 4.36. The Kier molecular flexibility index (Phi) is 3.62. The monoisotopic (exact) mass is 372 g/mol. The molecule has 0 saturated carbocycles. The molecule has 1 N–H and O–H groups in total. The number of amides is 3. The van der Waals surface area contributed by atoms with Gasteiger partial charge in [0.15, 0.2) is 4.96 Å². The number of rotatable bonds is 3. The van der Waals surface area contributed by atoms with E-state index < -0.39 is 23.3 Å². The van der Waals surface area contributed by atoms with Crippen molar-refractivity contribution in [2.24, 2.45) is 0 Å². The molecule has 0 radical (unpaired) electrons. The Morgan fingerprint density at radius 2 is 2.04 bits per heavy atom. The molecule has 0 aliphatic carbocycles. The normalized spacial score (nSPS) is 20.0. The van der Waals surface area contributed by atoms with Crippen LogP contribution in [0, 0.1) is 5.82 Å². The van der Waals surface area contributed by atoms with Crippen LogP contribution >= 0.6 is 11.3 Å². The van der Waals surface area contributed by atoms with Crippen molar-refractivity contribution in [2.75, 3.05) is 0 Å². The number of benzene rings is 1. The highest BCUT2D eigenvalue weighted by atomic mass is 32.1. The molecular formula is C17H13FN4O3S. The van der Waals surface area contributed by atoms with Crippen LogP contribution in [-0.4, -0.2) is 26.2 Å². The summed E-state index contributed by atoms with van der Waals surface area (Å²) < 4.78 is 15.5. The molecule has 132 valence electrons. The largest absolute Gasteiger partial charge is 0.325 e. The van der Waals surface area contributed by atoms with E-state index in [0.29, 0.717) is 10.7 Å². The third kappa shape index (κ3) is 2.39. The Balaban J connectivity index is 1.69. The number of hydrogen-bond acceptors (Lipinski definition) is 5. The van der Waals surface area contributed by atoms with Crippen LogP contribution < -0.4 is 10.9 Å². The maximum absolute atomic E-state index is 14.2. The van der Waals surface area contributed by atoms with E-state index in [2.05, 4.69) is 10.3 Å². The summed E-state index contributed by atoms with van der Waals surface area (Å²) in [6, 6.07) is 6.41. The molecule has 0 unspecified atom stereocenters. The first-order valence-corrected chi connectivity index (χ1v) is 8.63. The fraction of sp³-hybridized carbons (Fsp3) is 0.176. The van der Waals surface area contributed by atoms with E-state index in [1.165, 1.54) is 46.9 Å². The molecule has 1 aliphatic rings. The van der Waals surface area contributed by atoms with Crippen molar-refractivity contribution in [3.8, 4) is 0 Å². The fourth-order valence-electron chi connectivity index (χ4n) is 3.02. The van der Waals surface area contributed by atoms with Crippen molar-refractivity contribution in [3.05, 3.63) is 69.3 Å². The van der Waals surface area contributed by atoms with Gasteiger partial charge in [-0.3, -0.25) is 18.9 Å². The number of hydrogen-bond donors (Lipinski definition) is 1. The van der Waals surface area contributed by atoms with E-state index in [1.807, 2.05) is 0 Å². The number of fused-ring (bicyclic) bond motifs is 1. The van der Waals surface area contributed by atoms with E-state index in [-0.39, 0.29) is 17.7 Å². The lowest BCUT2D eigenvalue weighted by Gasteiger charge is -2.22. The zero-order chi connectivity index (χ0) is 18.5. The van der Waals surface area contributed by atoms with Gasteiger partial charge < -0.3 is 5.32 Å². The van der Waals surface area contributed by atoms with Crippen LogP contribution in [0.3, 0.4) is 0 Å². The Morgan fingerprint density at radius 1 is 1.27 bits per heavy atom. The summed E-state index contributed by atoms with van der Waals surface area (Å²) in [4.78, 5) is 43.0. The molecule has 4 rings (SSSR count). The summed E-state index contributed by atoms with van der Waals surface area (Å²) in [5, 5.41) is 4.26. The van der Waals surface area contributed by atoms with Crippen LogP contribution in [0.5, 0.6) is 0 Å². The minimum absolute atomic E-state index is 0.0857. The number of urea groups is 1. The molecule has 7 nitrogen and oxygen atoms in total. The third-order valence-corrected chi connectivity index (χ3v) is 5.12. The van der Waals surface area contributed by atoms with Crippen molar-refractivity contribution in [3.63, 3.8) is 0 Å². The van der Waals surface area contributed by atoms with E-state index in [9.17, 15) is 18.8 Å². The maximum Gasteiger partial charge on any atom is 0.325 e. The summed E-state index contributed by atoms with van der Waals surface area (Å²) in [6.07, 6.45) is 1.60. The minimum Gasteiger partial charge on any atom is -0.319 e. The first-order chi connectivity index (χ1) is 12.4. The first-order valence-electron chi connectivity index (χ1n) is 7.75. The fourth-order valence-corrected chi connectivity index (χ4v) is 3.76. The number of nitrogens with zero attached hydrogens (tertiary/aromatic N) is 3. The molecule has 1 saturated heterocycles. The summed E-state index contributed by atoms with van der Waals surface area (Å²) in [6.45, 7) is 1.29. The van der Waals surface area contributed by atoms with Gasteiger partial charge in [0, 0.05) is 23.2 Å². The zero-order valence-electron chi connectivity index (χ0n) is 13.6. The van der Waals surface area contributed by atoms with Crippen LogP contribution in [0.2, 0.25) is 0 Å². The Morgan fingerprint density at radius 3 is 2.81 bits per heavy atom. The van der Waals surface area contributed by atoms with Crippen LogP contribution in [-0.2, 0) is 16.9 Å². The maximum atomic E-state index is 14.2. The molecular weight excluding hydrogens is 359 g/mol. The molecule has 1 aliphatic heterocycles. The second-order valence-electron chi connectivity index (χ2n) is 6.07. The summed E-state index contributed by atoms with van der Waals surface area (Å²) in [7, 11) is 0. The van der Waals surface area contributed by atoms with E-state index in [0.717, 1.165) is 4.90 Å². The van der Waals surface area contributed by atoms with Crippen molar-refractivity contribution >= 4 is 28.2 Å². The number of carbonyl (C=O) groups is 2. The predicted octanol–water partition coefficient (Wildman–Crippen LogP) is 1.86. The lowest BCUT2D eigenvalue weighted by atomic mass is 9.91. The van der Waals surface area contributed by atoms with Gasteiger partial charge in [-0.25, -0.2) is 14.2 Å². The van der Waals surface area contributed by atoms with Gasteiger partial charge in [-0.15, -0.1) is 11.3 Å². The lowest BCUT2D eigenvalue weighted by molar-refractivity contribution is -0.131. The van der Waals surface area contributed by atoms with Crippen LogP contribution in [0.1, 0.15) is 18.2 Å². The zero-order valence-corrected chi connectivity index (χ0v) is 14.4. The van der Waals surface area contributed by atoms with E-state index >= 15 is 0 Å². The molecule has 0 spiro atoms. The van der Waals surface area contributed by atoms with Gasteiger partial charge in [0.05, 0.1) is 12.2 Å². The summed E-state index contributed by atoms with van der Waals surface area (Å²) in [5.41, 5.74) is -1.43. The quantitative estimate of drug-likeness (QED) is 0.712. The van der Waals surface area contributed by atoms with E-state index in [4.69, 9.17) is 0 Å². The number of carbonyl (C=O) groups excluding carboxylic acids is 2.